The van der Waals surface area contributed by atoms with Gasteiger partial charge in [0.15, 0.2) is 6.61 Å². The monoisotopic (exact) mass is 421 g/mol. The molecule has 0 heterocycles. The van der Waals surface area contributed by atoms with E-state index in [-0.39, 0.29) is 16.1 Å². The Morgan fingerprint density at radius 2 is 1.62 bits per heavy atom. The van der Waals surface area contributed by atoms with Crippen LogP contribution in [0.5, 0.6) is 5.75 Å². The zero-order chi connectivity index (χ0) is 21.7. The van der Waals surface area contributed by atoms with Gasteiger partial charge in [-0.15, -0.1) is 0 Å². The molecular weight excluding hydrogens is 398 g/mol. The van der Waals surface area contributed by atoms with Crippen LogP contribution >= 0.6 is 0 Å². The van der Waals surface area contributed by atoms with Gasteiger partial charge in [0.05, 0.1) is 23.3 Å². The van der Waals surface area contributed by atoms with Crippen LogP contribution < -0.4 is 9.46 Å². The lowest BCUT2D eigenvalue weighted by Crippen LogP contribution is -2.27. The summed E-state index contributed by atoms with van der Waals surface area (Å²) in [4.78, 5) is 24.1. The van der Waals surface area contributed by atoms with E-state index in [1.165, 1.54) is 43.5 Å². The highest BCUT2D eigenvalue weighted by atomic mass is 32.2. The van der Waals surface area contributed by atoms with E-state index in [9.17, 15) is 18.0 Å². The number of hydrogen-bond donors (Lipinski definition) is 1. The predicted molar refractivity (Wildman–Crippen MR) is 106 cm³/mol. The number of anilines is 1. The molecule has 0 bridgehead atoms. The van der Waals surface area contributed by atoms with E-state index >= 15 is 0 Å². The molecule has 0 aliphatic carbocycles. The summed E-state index contributed by atoms with van der Waals surface area (Å²) >= 11 is 0. The van der Waals surface area contributed by atoms with Gasteiger partial charge < -0.3 is 14.2 Å². The summed E-state index contributed by atoms with van der Waals surface area (Å²) in [5.74, 6) is -1.05. The van der Waals surface area contributed by atoms with Gasteiger partial charge in [-0.3, -0.25) is 4.72 Å². The fourth-order valence-electron chi connectivity index (χ4n) is 2.28. The molecule has 0 fully saturated rings. The predicted octanol–water partition coefficient (Wildman–Crippen LogP) is 2.99. The third-order valence-electron chi connectivity index (χ3n) is 3.50. The first kappa shape index (κ1) is 22.2. The van der Waals surface area contributed by atoms with E-state index in [0.717, 1.165) is 0 Å². The molecule has 0 aliphatic heterocycles. The van der Waals surface area contributed by atoms with Gasteiger partial charge in [-0.05, 0) is 57.2 Å². The van der Waals surface area contributed by atoms with E-state index in [1.54, 1.807) is 32.9 Å². The number of sulfonamides is 1. The molecule has 0 aliphatic rings. The first-order chi connectivity index (χ1) is 13.5. The summed E-state index contributed by atoms with van der Waals surface area (Å²) in [5, 5.41) is 0. The van der Waals surface area contributed by atoms with Crippen molar-refractivity contribution in [2.24, 2.45) is 0 Å². The minimum absolute atomic E-state index is 0.00442. The zero-order valence-corrected chi connectivity index (χ0v) is 17.4. The number of hydrogen-bond acceptors (Lipinski definition) is 7. The highest BCUT2D eigenvalue weighted by molar-refractivity contribution is 7.92. The maximum atomic E-state index is 12.6. The Kier molecular flexibility index (Phi) is 6.86. The molecule has 1 N–H and O–H groups in total. The van der Waals surface area contributed by atoms with Gasteiger partial charge in [0.25, 0.3) is 10.0 Å². The maximum absolute atomic E-state index is 12.6. The Morgan fingerprint density at radius 3 is 2.21 bits per heavy atom. The van der Waals surface area contributed by atoms with Crippen LogP contribution in [0.4, 0.5) is 5.69 Å². The van der Waals surface area contributed by atoms with Crippen molar-refractivity contribution in [2.45, 2.75) is 31.3 Å². The molecule has 0 saturated carbocycles. The van der Waals surface area contributed by atoms with Crippen molar-refractivity contribution in [3.05, 3.63) is 54.1 Å². The highest BCUT2D eigenvalue weighted by Crippen LogP contribution is 2.22. The van der Waals surface area contributed by atoms with Crippen LogP contribution in [0.3, 0.4) is 0 Å². The molecule has 0 atom stereocenters. The molecular formula is C20H23NO7S. The number of carbonyl (C=O) groups excluding carboxylic acids is 2. The van der Waals surface area contributed by atoms with Crippen molar-refractivity contribution < 1.29 is 32.2 Å². The Hall–Kier alpha value is -3.07. The first-order valence-electron chi connectivity index (χ1n) is 8.67. The Labute approximate surface area is 169 Å². The van der Waals surface area contributed by atoms with Crippen LogP contribution in [0.1, 0.15) is 31.1 Å². The summed E-state index contributed by atoms with van der Waals surface area (Å²) in [7, 11) is -2.48. The summed E-state index contributed by atoms with van der Waals surface area (Å²) in [6.45, 7) is 4.48. The van der Waals surface area contributed by atoms with Gasteiger partial charge in [-0.2, -0.15) is 0 Å². The molecule has 0 radical (unpaired) electrons. The van der Waals surface area contributed by atoms with E-state index in [2.05, 4.69) is 4.72 Å². The highest BCUT2D eigenvalue weighted by Gasteiger charge is 2.22. The summed E-state index contributed by atoms with van der Waals surface area (Å²) in [6.07, 6.45) is 0. The van der Waals surface area contributed by atoms with Crippen molar-refractivity contribution >= 4 is 27.6 Å². The van der Waals surface area contributed by atoms with Gasteiger partial charge in [0, 0.05) is 0 Å². The minimum atomic E-state index is -3.95. The Morgan fingerprint density at radius 1 is 1.00 bits per heavy atom. The molecule has 0 aromatic heterocycles. The fourth-order valence-corrected chi connectivity index (χ4v) is 3.36. The number of esters is 2. The van der Waals surface area contributed by atoms with Crippen molar-refractivity contribution in [1.82, 2.24) is 0 Å². The average molecular weight is 421 g/mol. The van der Waals surface area contributed by atoms with Gasteiger partial charge >= 0.3 is 11.9 Å². The van der Waals surface area contributed by atoms with Gasteiger partial charge in [0.1, 0.15) is 11.4 Å². The standard InChI is InChI=1S/C20H23NO7S/c1-20(2,3)28-18(22)13-27-19(23)16-7-5-6-8-17(16)21-29(24,25)15-11-9-14(26-4)10-12-15/h5-12,21H,13H2,1-4H3. The number of benzene rings is 2. The van der Waals surface area contributed by atoms with E-state index < -0.39 is 34.2 Å². The van der Waals surface area contributed by atoms with E-state index in [0.29, 0.717) is 5.75 Å². The first-order valence-corrected chi connectivity index (χ1v) is 10.1. The van der Waals surface area contributed by atoms with Crippen molar-refractivity contribution in [2.75, 3.05) is 18.4 Å². The smallest absolute Gasteiger partial charge is 0.344 e. The molecule has 2 rings (SSSR count). The molecule has 0 amide bonds. The van der Waals surface area contributed by atoms with Crippen LogP contribution in [0.25, 0.3) is 0 Å². The summed E-state index contributed by atoms with van der Waals surface area (Å²) in [6, 6.07) is 11.7. The molecule has 29 heavy (non-hydrogen) atoms. The second-order valence-electron chi connectivity index (χ2n) is 6.99. The van der Waals surface area contributed by atoms with E-state index in [4.69, 9.17) is 14.2 Å². The Balaban J connectivity index is 2.15. The third kappa shape index (κ3) is 6.49. The summed E-state index contributed by atoms with van der Waals surface area (Å²) < 4.78 is 42.7. The lowest BCUT2D eigenvalue weighted by atomic mass is 10.2. The second kappa shape index (κ2) is 8.95. The third-order valence-corrected chi connectivity index (χ3v) is 4.88. The van der Waals surface area contributed by atoms with Crippen molar-refractivity contribution in [3.8, 4) is 5.75 Å². The largest absolute Gasteiger partial charge is 0.497 e. The molecule has 2 aromatic carbocycles. The average Bonchev–Trinajstić information content (AvgIpc) is 2.65. The quantitative estimate of drug-likeness (QED) is 0.685. The lowest BCUT2D eigenvalue weighted by molar-refractivity contribution is -0.158. The number of para-hydroxylation sites is 1. The van der Waals surface area contributed by atoms with E-state index in [1.807, 2.05) is 0 Å². The molecule has 0 spiro atoms. The van der Waals surface area contributed by atoms with Gasteiger partial charge in [-0.1, -0.05) is 12.1 Å². The number of nitrogens with one attached hydrogen (secondary N) is 1. The maximum Gasteiger partial charge on any atom is 0.344 e. The topological polar surface area (TPSA) is 108 Å². The molecule has 156 valence electrons. The second-order valence-corrected chi connectivity index (χ2v) is 8.67. The van der Waals surface area contributed by atoms with Crippen molar-refractivity contribution in [1.29, 1.82) is 0 Å². The van der Waals surface area contributed by atoms with Crippen LogP contribution in [0, 0.1) is 0 Å². The van der Waals surface area contributed by atoms with Crippen LogP contribution in [-0.4, -0.2) is 39.7 Å². The number of ether oxygens (including phenoxy) is 3. The fraction of sp³-hybridized carbons (Fsp3) is 0.300. The number of methoxy groups -OCH3 is 1. The SMILES string of the molecule is COc1ccc(S(=O)(=O)Nc2ccccc2C(=O)OCC(=O)OC(C)(C)C)cc1. The molecule has 2 aromatic rings. The lowest BCUT2D eigenvalue weighted by Gasteiger charge is -2.19. The van der Waals surface area contributed by atoms with Crippen LogP contribution in [0.2, 0.25) is 0 Å². The van der Waals surface area contributed by atoms with Crippen molar-refractivity contribution in [3.63, 3.8) is 0 Å². The molecule has 8 nitrogen and oxygen atoms in total. The molecule has 0 unspecified atom stereocenters. The number of rotatable bonds is 7. The number of carbonyl (C=O) groups is 2. The Bertz CT molecular complexity index is 977. The zero-order valence-electron chi connectivity index (χ0n) is 16.6. The van der Waals surface area contributed by atoms with Gasteiger partial charge in [-0.25, -0.2) is 18.0 Å². The normalized spacial score (nSPS) is 11.4. The van der Waals surface area contributed by atoms with Crippen LogP contribution in [0.15, 0.2) is 53.4 Å². The molecule has 9 heteroatoms. The minimum Gasteiger partial charge on any atom is -0.497 e. The van der Waals surface area contributed by atoms with Crippen LogP contribution in [-0.2, 0) is 24.3 Å². The van der Waals surface area contributed by atoms with Gasteiger partial charge in [0.2, 0.25) is 0 Å². The summed E-state index contributed by atoms with van der Waals surface area (Å²) in [5.41, 5.74) is -0.722. The molecule has 0 saturated heterocycles.